The third kappa shape index (κ3) is 3.17. The average molecular weight is 327 g/mol. The van der Waals surface area contributed by atoms with Crippen LogP contribution in [0.25, 0.3) is 0 Å². The van der Waals surface area contributed by atoms with Crippen molar-refractivity contribution >= 4 is 23.1 Å². The highest BCUT2D eigenvalue weighted by atomic mass is 16.6. The van der Waals surface area contributed by atoms with E-state index in [2.05, 4.69) is 15.3 Å². The van der Waals surface area contributed by atoms with Crippen LogP contribution < -0.4 is 10.2 Å². The lowest BCUT2D eigenvalue weighted by atomic mass is 10.0. The number of aryl methyl sites for hydroxylation is 1. The van der Waals surface area contributed by atoms with Crippen molar-refractivity contribution in [2.75, 3.05) is 16.8 Å². The van der Waals surface area contributed by atoms with Gasteiger partial charge in [0.05, 0.1) is 16.8 Å². The molecule has 2 aromatic heterocycles. The molecule has 1 unspecified atom stereocenters. The van der Waals surface area contributed by atoms with E-state index in [1.165, 1.54) is 6.20 Å². The number of piperidine rings is 1. The number of aromatic nitrogens is 2. The van der Waals surface area contributed by atoms with E-state index in [1.54, 1.807) is 36.4 Å². The van der Waals surface area contributed by atoms with Crippen LogP contribution in [0.3, 0.4) is 0 Å². The molecule has 0 radical (unpaired) electrons. The molecule has 1 atom stereocenters. The van der Waals surface area contributed by atoms with Gasteiger partial charge in [-0.05, 0) is 38.0 Å². The molecule has 1 saturated heterocycles. The minimum Gasteiger partial charge on any atom is -0.358 e. The number of carbonyl (C=O) groups is 1. The van der Waals surface area contributed by atoms with Crippen LogP contribution in [0.15, 0.2) is 36.8 Å². The molecule has 1 amide bonds. The van der Waals surface area contributed by atoms with Gasteiger partial charge in [-0.2, -0.15) is 0 Å². The molecular formula is C16H17N5O3. The lowest BCUT2D eigenvalue weighted by Gasteiger charge is -2.32. The Kier molecular flexibility index (Phi) is 4.37. The standard InChI is InChI=1S/C16H17N5O3/c1-11-8-15(18-10-14(11)21(23)24)19-13-5-3-7-20(16(13)22)12-4-2-6-17-9-12/h2,4,6,8-10,13H,3,5,7H2,1H3,(H,18,19). The van der Waals surface area contributed by atoms with Gasteiger partial charge in [0.1, 0.15) is 18.1 Å². The molecule has 1 aliphatic heterocycles. The molecule has 3 rings (SSSR count). The predicted molar refractivity (Wildman–Crippen MR) is 88.9 cm³/mol. The summed E-state index contributed by atoms with van der Waals surface area (Å²) >= 11 is 0. The lowest BCUT2D eigenvalue weighted by Crippen LogP contribution is -2.47. The van der Waals surface area contributed by atoms with Crippen molar-refractivity contribution in [1.29, 1.82) is 0 Å². The molecule has 0 spiro atoms. The summed E-state index contributed by atoms with van der Waals surface area (Å²) in [6.45, 7) is 2.30. The normalized spacial score (nSPS) is 17.6. The molecule has 8 heteroatoms. The molecule has 1 fully saturated rings. The van der Waals surface area contributed by atoms with Gasteiger partial charge in [-0.25, -0.2) is 4.98 Å². The second-order valence-corrected chi connectivity index (χ2v) is 5.65. The largest absolute Gasteiger partial charge is 0.358 e. The van der Waals surface area contributed by atoms with E-state index in [0.29, 0.717) is 24.3 Å². The zero-order valence-electron chi connectivity index (χ0n) is 13.2. The van der Waals surface area contributed by atoms with Gasteiger partial charge in [-0.1, -0.05) is 0 Å². The topological polar surface area (TPSA) is 101 Å². The molecule has 1 N–H and O–H groups in total. The van der Waals surface area contributed by atoms with Crippen LogP contribution in [0.1, 0.15) is 18.4 Å². The van der Waals surface area contributed by atoms with Crippen LogP contribution in [0.5, 0.6) is 0 Å². The van der Waals surface area contributed by atoms with Gasteiger partial charge in [0.15, 0.2) is 0 Å². The number of rotatable bonds is 4. The Morgan fingerprint density at radius 1 is 1.42 bits per heavy atom. The monoisotopic (exact) mass is 327 g/mol. The molecule has 0 aliphatic carbocycles. The van der Waals surface area contributed by atoms with E-state index in [0.717, 1.165) is 12.1 Å². The molecule has 0 saturated carbocycles. The number of hydrogen-bond donors (Lipinski definition) is 1. The van der Waals surface area contributed by atoms with Crippen molar-refractivity contribution in [3.63, 3.8) is 0 Å². The molecule has 24 heavy (non-hydrogen) atoms. The summed E-state index contributed by atoms with van der Waals surface area (Å²) in [5.41, 5.74) is 1.24. The van der Waals surface area contributed by atoms with Crippen molar-refractivity contribution in [3.05, 3.63) is 52.5 Å². The van der Waals surface area contributed by atoms with Gasteiger partial charge in [0.2, 0.25) is 5.91 Å². The maximum atomic E-state index is 12.7. The van der Waals surface area contributed by atoms with Crippen LogP contribution >= 0.6 is 0 Å². The van der Waals surface area contributed by atoms with Gasteiger partial charge in [0, 0.05) is 18.3 Å². The molecule has 1 aliphatic rings. The Balaban J connectivity index is 1.76. The van der Waals surface area contributed by atoms with E-state index < -0.39 is 11.0 Å². The first-order chi connectivity index (χ1) is 11.6. The van der Waals surface area contributed by atoms with Crippen LogP contribution in [0.2, 0.25) is 0 Å². The van der Waals surface area contributed by atoms with Crippen LogP contribution in [0.4, 0.5) is 17.2 Å². The lowest BCUT2D eigenvalue weighted by molar-refractivity contribution is -0.385. The van der Waals surface area contributed by atoms with E-state index in [1.807, 2.05) is 6.07 Å². The number of nitrogens with zero attached hydrogens (tertiary/aromatic N) is 4. The SMILES string of the molecule is Cc1cc(NC2CCCN(c3cccnc3)C2=O)ncc1[N+](=O)[O-]. The first kappa shape index (κ1) is 15.9. The quantitative estimate of drug-likeness (QED) is 0.683. The summed E-state index contributed by atoms with van der Waals surface area (Å²) in [5.74, 6) is 0.413. The van der Waals surface area contributed by atoms with Crippen molar-refractivity contribution in [1.82, 2.24) is 9.97 Å². The summed E-state index contributed by atoms with van der Waals surface area (Å²) in [6, 6.07) is 4.82. The molecule has 124 valence electrons. The fourth-order valence-corrected chi connectivity index (χ4v) is 2.78. The number of nitrogens with one attached hydrogen (secondary N) is 1. The zero-order chi connectivity index (χ0) is 17.1. The number of nitro groups is 1. The first-order valence-electron chi connectivity index (χ1n) is 7.65. The number of amides is 1. The van der Waals surface area contributed by atoms with Gasteiger partial charge in [-0.15, -0.1) is 0 Å². The number of carbonyl (C=O) groups excluding carboxylic acids is 1. The van der Waals surface area contributed by atoms with Crippen molar-refractivity contribution < 1.29 is 9.72 Å². The van der Waals surface area contributed by atoms with Crippen LogP contribution in [-0.2, 0) is 4.79 Å². The van der Waals surface area contributed by atoms with Crippen molar-refractivity contribution in [3.8, 4) is 0 Å². The van der Waals surface area contributed by atoms with Gasteiger partial charge in [-0.3, -0.25) is 19.9 Å². The first-order valence-corrected chi connectivity index (χ1v) is 7.65. The van der Waals surface area contributed by atoms with Gasteiger partial charge >= 0.3 is 0 Å². The fourth-order valence-electron chi connectivity index (χ4n) is 2.78. The Hall–Kier alpha value is -3.03. The summed E-state index contributed by atoms with van der Waals surface area (Å²) in [7, 11) is 0. The molecule has 8 nitrogen and oxygen atoms in total. The highest BCUT2D eigenvalue weighted by Gasteiger charge is 2.30. The summed E-state index contributed by atoms with van der Waals surface area (Å²) in [5, 5.41) is 13.9. The minimum absolute atomic E-state index is 0.0347. The van der Waals surface area contributed by atoms with Gasteiger partial charge < -0.3 is 10.2 Å². The molecular weight excluding hydrogens is 310 g/mol. The maximum absolute atomic E-state index is 12.7. The third-order valence-electron chi connectivity index (χ3n) is 4.00. The second-order valence-electron chi connectivity index (χ2n) is 5.65. The fraction of sp³-hybridized carbons (Fsp3) is 0.312. The molecule has 3 heterocycles. The van der Waals surface area contributed by atoms with E-state index in [9.17, 15) is 14.9 Å². The van der Waals surface area contributed by atoms with E-state index >= 15 is 0 Å². The maximum Gasteiger partial charge on any atom is 0.290 e. The number of hydrogen-bond acceptors (Lipinski definition) is 6. The third-order valence-corrected chi connectivity index (χ3v) is 4.00. The molecule has 0 aromatic carbocycles. The molecule has 2 aromatic rings. The Bertz CT molecular complexity index is 766. The smallest absolute Gasteiger partial charge is 0.290 e. The van der Waals surface area contributed by atoms with Crippen LogP contribution in [0, 0.1) is 17.0 Å². The predicted octanol–water partition coefficient (Wildman–Crippen LogP) is 2.30. The van der Waals surface area contributed by atoms with E-state index in [-0.39, 0.29) is 11.6 Å². The average Bonchev–Trinajstić information content (AvgIpc) is 2.57. The highest BCUT2D eigenvalue weighted by Crippen LogP contribution is 2.24. The van der Waals surface area contributed by atoms with Crippen molar-refractivity contribution in [2.45, 2.75) is 25.8 Å². The van der Waals surface area contributed by atoms with Crippen LogP contribution in [-0.4, -0.2) is 33.4 Å². The number of anilines is 2. The number of pyridine rings is 2. The highest BCUT2D eigenvalue weighted by molar-refractivity contribution is 5.99. The molecule has 0 bridgehead atoms. The summed E-state index contributed by atoms with van der Waals surface area (Å²) in [4.78, 5) is 32.9. The van der Waals surface area contributed by atoms with Gasteiger partial charge in [0.25, 0.3) is 5.69 Å². The zero-order valence-corrected chi connectivity index (χ0v) is 13.2. The van der Waals surface area contributed by atoms with E-state index in [4.69, 9.17) is 0 Å². The Morgan fingerprint density at radius 2 is 2.25 bits per heavy atom. The Morgan fingerprint density at radius 3 is 2.92 bits per heavy atom. The second kappa shape index (κ2) is 6.61. The Labute approximate surface area is 138 Å². The minimum atomic E-state index is -0.470. The summed E-state index contributed by atoms with van der Waals surface area (Å²) in [6.07, 6.45) is 6.08. The van der Waals surface area contributed by atoms with Crippen molar-refractivity contribution in [2.24, 2.45) is 0 Å². The summed E-state index contributed by atoms with van der Waals surface area (Å²) < 4.78 is 0.